The molecule has 2 aromatic rings. The first kappa shape index (κ1) is 20.7. The zero-order valence-electron chi connectivity index (χ0n) is 15.9. The van der Waals surface area contributed by atoms with Crippen molar-refractivity contribution in [2.24, 2.45) is 0 Å². The average molecular weight is 433 g/mol. The number of ether oxygens (including phenoxy) is 3. The van der Waals surface area contributed by atoms with Gasteiger partial charge in [0.15, 0.2) is 11.5 Å². The van der Waals surface area contributed by atoms with Crippen molar-refractivity contribution in [3.63, 3.8) is 0 Å². The summed E-state index contributed by atoms with van der Waals surface area (Å²) in [6.45, 7) is 5.62. The molecule has 0 bridgehead atoms. The summed E-state index contributed by atoms with van der Waals surface area (Å²) in [6, 6.07) is 5.03. The predicted octanol–water partition coefficient (Wildman–Crippen LogP) is 4.47. The lowest BCUT2D eigenvalue weighted by molar-refractivity contribution is -0.112. The van der Waals surface area contributed by atoms with Crippen LogP contribution in [0.1, 0.15) is 33.3 Å². The first-order valence-electron chi connectivity index (χ1n) is 8.65. The Balaban J connectivity index is 1.91. The molecule has 0 saturated heterocycles. The number of aryl methyl sites for hydroxylation is 1. The van der Waals surface area contributed by atoms with Crippen LogP contribution in [-0.4, -0.2) is 25.3 Å². The van der Waals surface area contributed by atoms with Gasteiger partial charge < -0.3 is 19.5 Å². The lowest BCUT2D eigenvalue weighted by atomic mass is 10.1. The van der Waals surface area contributed by atoms with Crippen molar-refractivity contribution in [2.75, 3.05) is 18.7 Å². The van der Waals surface area contributed by atoms with Gasteiger partial charge in [-0.15, -0.1) is 11.3 Å². The molecule has 29 heavy (non-hydrogen) atoms. The zero-order valence-corrected chi connectivity index (χ0v) is 17.5. The van der Waals surface area contributed by atoms with E-state index in [4.69, 9.17) is 25.8 Å². The van der Waals surface area contributed by atoms with E-state index in [-0.39, 0.29) is 19.0 Å². The molecule has 1 aliphatic heterocycles. The number of anilines is 1. The molecule has 1 N–H and O–H groups in total. The standard InChI is InChI=1S/C20H17ClN2O5S/c1-4-26-20(25)17-10(2)11(3)29-19(17)23-18(24)13(8-22)5-12-6-15-16(7-14(12)21)28-9-27-15/h5-7H,4,9H2,1-3H3,(H,23,24). The van der Waals surface area contributed by atoms with Gasteiger partial charge in [-0.25, -0.2) is 4.79 Å². The minimum Gasteiger partial charge on any atom is -0.462 e. The molecule has 0 spiro atoms. The van der Waals surface area contributed by atoms with Crippen LogP contribution in [0.4, 0.5) is 5.00 Å². The maximum Gasteiger partial charge on any atom is 0.341 e. The summed E-state index contributed by atoms with van der Waals surface area (Å²) < 4.78 is 15.6. The number of nitrogens with one attached hydrogen (secondary N) is 1. The average Bonchev–Trinajstić information content (AvgIpc) is 3.23. The lowest BCUT2D eigenvalue weighted by Crippen LogP contribution is -2.16. The predicted molar refractivity (Wildman–Crippen MR) is 110 cm³/mol. The Morgan fingerprint density at radius 3 is 2.69 bits per heavy atom. The highest BCUT2D eigenvalue weighted by Gasteiger charge is 2.23. The molecule has 0 saturated carbocycles. The summed E-state index contributed by atoms with van der Waals surface area (Å²) in [5, 5.41) is 12.8. The van der Waals surface area contributed by atoms with Crippen LogP contribution in [0.25, 0.3) is 6.08 Å². The minimum atomic E-state index is -0.659. The SMILES string of the molecule is CCOC(=O)c1c(NC(=O)C(C#N)=Cc2cc3c(cc2Cl)OCO3)sc(C)c1C. The first-order chi connectivity index (χ1) is 13.8. The van der Waals surface area contributed by atoms with E-state index in [9.17, 15) is 14.9 Å². The largest absolute Gasteiger partial charge is 0.462 e. The molecule has 0 atom stereocenters. The highest BCUT2D eigenvalue weighted by Crippen LogP contribution is 2.38. The van der Waals surface area contributed by atoms with E-state index < -0.39 is 11.9 Å². The van der Waals surface area contributed by atoms with Crippen molar-refractivity contribution >= 4 is 45.9 Å². The molecule has 1 aromatic heterocycles. The second kappa shape index (κ2) is 8.55. The fourth-order valence-electron chi connectivity index (χ4n) is 2.68. The number of thiophene rings is 1. The molecule has 0 aliphatic carbocycles. The number of hydrogen-bond acceptors (Lipinski definition) is 7. The summed E-state index contributed by atoms with van der Waals surface area (Å²) in [5.41, 5.74) is 1.28. The fourth-order valence-corrected chi connectivity index (χ4v) is 3.93. The third kappa shape index (κ3) is 4.21. The van der Waals surface area contributed by atoms with Gasteiger partial charge in [0.05, 0.1) is 17.2 Å². The van der Waals surface area contributed by atoms with Crippen LogP contribution in [0, 0.1) is 25.2 Å². The van der Waals surface area contributed by atoms with Crippen LogP contribution in [0.5, 0.6) is 11.5 Å². The van der Waals surface area contributed by atoms with E-state index in [0.717, 1.165) is 10.4 Å². The van der Waals surface area contributed by atoms with Crippen molar-refractivity contribution in [3.05, 3.63) is 44.3 Å². The topological polar surface area (TPSA) is 97.7 Å². The Morgan fingerprint density at radius 2 is 2.03 bits per heavy atom. The van der Waals surface area contributed by atoms with E-state index in [0.29, 0.717) is 32.6 Å². The van der Waals surface area contributed by atoms with Crippen molar-refractivity contribution < 1.29 is 23.8 Å². The fraction of sp³-hybridized carbons (Fsp3) is 0.250. The molecule has 0 fully saturated rings. The molecule has 2 heterocycles. The second-order valence-corrected chi connectivity index (χ2v) is 7.69. The number of nitrogens with zero attached hydrogens (tertiary/aromatic N) is 1. The van der Waals surface area contributed by atoms with Crippen LogP contribution < -0.4 is 14.8 Å². The van der Waals surface area contributed by atoms with Gasteiger partial charge in [-0.05, 0) is 44.0 Å². The van der Waals surface area contributed by atoms with Crippen LogP contribution in [0.3, 0.4) is 0 Å². The number of halogens is 1. The number of rotatable bonds is 5. The molecule has 150 valence electrons. The summed E-state index contributed by atoms with van der Waals surface area (Å²) >= 11 is 7.46. The van der Waals surface area contributed by atoms with Gasteiger partial charge in [0.1, 0.15) is 16.6 Å². The van der Waals surface area contributed by atoms with Gasteiger partial charge in [-0.1, -0.05) is 11.6 Å². The number of carbonyl (C=O) groups is 2. The summed E-state index contributed by atoms with van der Waals surface area (Å²) in [5.74, 6) is -0.204. The molecule has 1 amide bonds. The Morgan fingerprint density at radius 1 is 1.34 bits per heavy atom. The number of amides is 1. The van der Waals surface area contributed by atoms with E-state index >= 15 is 0 Å². The highest BCUT2D eigenvalue weighted by atomic mass is 35.5. The van der Waals surface area contributed by atoms with Crippen molar-refractivity contribution in [2.45, 2.75) is 20.8 Å². The van der Waals surface area contributed by atoms with Gasteiger partial charge in [0.25, 0.3) is 5.91 Å². The number of nitriles is 1. The van der Waals surface area contributed by atoms with E-state index in [1.807, 2.05) is 13.0 Å². The molecule has 1 aromatic carbocycles. The Bertz CT molecular complexity index is 1070. The normalized spacial score (nSPS) is 12.4. The second-order valence-electron chi connectivity index (χ2n) is 6.06. The Kier molecular flexibility index (Phi) is 6.11. The molecule has 7 nitrogen and oxygen atoms in total. The van der Waals surface area contributed by atoms with Crippen LogP contribution in [0.15, 0.2) is 17.7 Å². The quantitative estimate of drug-likeness (QED) is 0.425. The van der Waals surface area contributed by atoms with E-state index in [1.54, 1.807) is 26.0 Å². The number of esters is 1. The van der Waals surface area contributed by atoms with E-state index in [1.165, 1.54) is 17.4 Å². The smallest absolute Gasteiger partial charge is 0.341 e. The van der Waals surface area contributed by atoms with Crippen LogP contribution in [-0.2, 0) is 9.53 Å². The summed E-state index contributed by atoms with van der Waals surface area (Å²) in [4.78, 5) is 25.8. The monoisotopic (exact) mass is 432 g/mol. The van der Waals surface area contributed by atoms with Crippen molar-refractivity contribution in [1.29, 1.82) is 5.26 Å². The first-order valence-corrected chi connectivity index (χ1v) is 9.84. The van der Waals surface area contributed by atoms with Crippen molar-refractivity contribution in [3.8, 4) is 17.6 Å². The molecule has 1 aliphatic rings. The van der Waals surface area contributed by atoms with Gasteiger partial charge in [0.2, 0.25) is 6.79 Å². The third-order valence-electron chi connectivity index (χ3n) is 4.25. The maximum atomic E-state index is 12.7. The van der Waals surface area contributed by atoms with Crippen LogP contribution >= 0.6 is 22.9 Å². The summed E-state index contributed by atoms with van der Waals surface area (Å²) in [7, 11) is 0. The molecular formula is C20H17ClN2O5S. The Hall–Kier alpha value is -3.02. The zero-order chi connectivity index (χ0) is 21.1. The molecular weight excluding hydrogens is 416 g/mol. The van der Waals surface area contributed by atoms with Crippen molar-refractivity contribution in [1.82, 2.24) is 0 Å². The summed E-state index contributed by atoms with van der Waals surface area (Å²) in [6.07, 6.45) is 1.36. The highest BCUT2D eigenvalue weighted by molar-refractivity contribution is 7.16. The maximum absolute atomic E-state index is 12.7. The number of hydrogen-bond donors (Lipinski definition) is 1. The molecule has 0 unspecified atom stereocenters. The number of fused-ring (bicyclic) bond motifs is 1. The van der Waals surface area contributed by atoms with Gasteiger partial charge in [-0.3, -0.25) is 4.79 Å². The van der Waals surface area contributed by atoms with Crippen LogP contribution in [0.2, 0.25) is 5.02 Å². The molecule has 3 rings (SSSR count). The van der Waals surface area contributed by atoms with Gasteiger partial charge >= 0.3 is 5.97 Å². The molecule has 9 heteroatoms. The third-order valence-corrected chi connectivity index (χ3v) is 5.70. The number of benzene rings is 1. The van der Waals surface area contributed by atoms with E-state index in [2.05, 4.69) is 5.32 Å². The lowest BCUT2D eigenvalue weighted by Gasteiger charge is -2.07. The number of carbonyl (C=O) groups excluding carboxylic acids is 2. The minimum absolute atomic E-state index is 0.0815. The Labute approximate surface area is 176 Å². The van der Waals surface area contributed by atoms with Gasteiger partial charge in [0, 0.05) is 10.9 Å². The van der Waals surface area contributed by atoms with Gasteiger partial charge in [-0.2, -0.15) is 5.26 Å². The molecule has 0 radical (unpaired) electrons.